The van der Waals surface area contributed by atoms with Crippen LogP contribution in [0.4, 0.5) is 0 Å². The second kappa shape index (κ2) is 7.59. The smallest absolute Gasteiger partial charge is 0.231 e. The van der Waals surface area contributed by atoms with Crippen LogP contribution in [0.2, 0.25) is 0 Å². The van der Waals surface area contributed by atoms with Crippen molar-refractivity contribution in [3.8, 4) is 28.6 Å². The third-order valence-electron chi connectivity index (χ3n) is 4.73. The Balaban J connectivity index is 1.72. The van der Waals surface area contributed by atoms with Gasteiger partial charge >= 0.3 is 0 Å². The zero-order valence-electron chi connectivity index (χ0n) is 15.2. The standard InChI is InChI=1S/C20H18O10/c21-9-3-1-8(2-4-9)13-7-12(23)15-11(22)5-10(6-14(15)29-13)28-20-18(26)16(24)17(25)19(27)30-20/h1-7,16-22,24-27H/t16-,17-,18+,19-,20+/m0/s1. The van der Waals surface area contributed by atoms with Gasteiger partial charge in [-0.15, -0.1) is 0 Å². The van der Waals surface area contributed by atoms with Crippen molar-refractivity contribution in [1.82, 2.24) is 0 Å². The van der Waals surface area contributed by atoms with Crippen LogP contribution in [0.1, 0.15) is 0 Å². The topological polar surface area (TPSA) is 170 Å². The molecule has 1 aliphatic heterocycles. The maximum Gasteiger partial charge on any atom is 0.231 e. The molecule has 0 aliphatic carbocycles. The molecule has 0 spiro atoms. The largest absolute Gasteiger partial charge is 0.508 e. The number of hydrogen-bond acceptors (Lipinski definition) is 10. The second-order valence-electron chi connectivity index (χ2n) is 6.82. The minimum Gasteiger partial charge on any atom is -0.508 e. The quantitative estimate of drug-likeness (QED) is 0.340. The predicted octanol–water partition coefficient (Wildman–Crippen LogP) is 0.00740. The van der Waals surface area contributed by atoms with E-state index in [9.17, 15) is 35.4 Å². The molecule has 1 aromatic heterocycles. The molecule has 6 N–H and O–H groups in total. The van der Waals surface area contributed by atoms with Crippen molar-refractivity contribution in [1.29, 1.82) is 0 Å². The highest BCUT2D eigenvalue weighted by Crippen LogP contribution is 2.33. The van der Waals surface area contributed by atoms with E-state index in [0.717, 1.165) is 6.07 Å². The van der Waals surface area contributed by atoms with Crippen molar-refractivity contribution in [2.75, 3.05) is 0 Å². The molecule has 2 heterocycles. The molecular formula is C20H18O10. The molecule has 0 bridgehead atoms. The van der Waals surface area contributed by atoms with E-state index in [0.29, 0.717) is 5.56 Å². The number of phenols is 2. The lowest BCUT2D eigenvalue weighted by Crippen LogP contribution is -2.59. The molecule has 1 fully saturated rings. The van der Waals surface area contributed by atoms with Crippen LogP contribution >= 0.6 is 0 Å². The molecule has 3 aromatic rings. The van der Waals surface area contributed by atoms with Crippen molar-refractivity contribution in [3.63, 3.8) is 0 Å². The number of benzene rings is 2. The Kier molecular flexibility index (Phi) is 5.10. The molecule has 10 heteroatoms. The lowest BCUT2D eigenvalue weighted by Gasteiger charge is -2.37. The summed E-state index contributed by atoms with van der Waals surface area (Å²) in [6, 6.07) is 9.46. The summed E-state index contributed by atoms with van der Waals surface area (Å²) in [5, 5.41) is 58.5. The van der Waals surface area contributed by atoms with E-state index in [-0.39, 0.29) is 28.2 Å². The summed E-state index contributed by atoms with van der Waals surface area (Å²) < 4.78 is 16.0. The van der Waals surface area contributed by atoms with Crippen LogP contribution in [0.15, 0.2) is 51.7 Å². The summed E-state index contributed by atoms with van der Waals surface area (Å²) in [5.74, 6) is -0.339. The summed E-state index contributed by atoms with van der Waals surface area (Å²) in [4.78, 5) is 12.5. The van der Waals surface area contributed by atoms with Crippen LogP contribution in [0, 0.1) is 0 Å². The van der Waals surface area contributed by atoms with Gasteiger partial charge in [0, 0.05) is 23.8 Å². The molecule has 1 saturated heterocycles. The molecular weight excluding hydrogens is 400 g/mol. The van der Waals surface area contributed by atoms with Gasteiger partial charge in [0.1, 0.15) is 52.3 Å². The fourth-order valence-corrected chi connectivity index (χ4v) is 3.14. The molecule has 4 rings (SSSR count). The van der Waals surface area contributed by atoms with Crippen LogP contribution in [-0.2, 0) is 4.74 Å². The van der Waals surface area contributed by atoms with Crippen molar-refractivity contribution in [2.45, 2.75) is 30.9 Å². The molecule has 10 nitrogen and oxygen atoms in total. The molecule has 1 aliphatic rings. The van der Waals surface area contributed by atoms with Crippen LogP contribution in [0.5, 0.6) is 17.2 Å². The summed E-state index contributed by atoms with van der Waals surface area (Å²) in [7, 11) is 0. The van der Waals surface area contributed by atoms with E-state index in [1.807, 2.05) is 0 Å². The van der Waals surface area contributed by atoms with E-state index in [4.69, 9.17) is 13.9 Å². The zero-order chi connectivity index (χ0) is 21.6. The number of phenolic OH excluding ortho intramolecular Hbond substituents is 2. The van der Waals surface area contributed by atoms with Gasteiger partial charge in [-0.05, 0) is 24.3 Å². The van der Waals surface area contributed by atoms with Crippen molar-refractivity contribution < 1.29 is 44.5 Å². The zero-order valence-corrected chi connectivity index (χ0v) is 15.2. The lowest BCUT2D eigenvalue weighted by molar-refractivity contribution is -0.321. The lowest BCUT2D eigenvalue weighted by atomic mass is 10.0. The third-order valence-corrected chi connectivity index (χ3v) is 4.73. The van der Waals surface area contributed by atoms with Gasteiger partial charge < -0.3 is 44.5 Å². The maximum atomic E-state index is 12.5. The number of rotatable bonds is 3. The van der Waals surface area contributed by atoms with Gasteiger partial charge in [0.15, 0.2) is 11.7 Å². The van der Waals surface area contributed by atoms with Gasteiger partial charge in [0.05, 0.1) is 0 Å². The fourth-order valence-electron chi connectivity index (χ4n) is 3.14. The first-order chi connectivity index (χ1) is 14.2. The summed E-state index contributed by atoms with van der Waals surface area (Å²) in [5.41, 5.74) is -0.0535. The van der Waals surface area contributed by atoms with Crippen LogP contribution < -0.4 is 10.2 Å². The van der Waals surface area contributed by atoms with E-state index < -0.39 is 42.1 Å². The van der Waals surface area contributed by atoms with Gasteiger partial charge in [-0.25, -0.2) is 0 Å². The highest BCUT2D eigenvalue weighted by atomic mass is 16.7. The molecule has 0 radical (unpaired) electrons. The van der Waals surface area contributed by atoms with Gasteiger partial charge in [-0.1, -0.05) is 0 Å². The third kappa shape index (κ3) is 3.58. The number of aromatic hydroxyl groups is 2. The van der Waals surface area contributed by atoms with E-state index in [2.05, 4.69) is 0 Å². The van der Waals surface area contributed by atoms with Gasteiger partial charge in [0.2, 0.25) is 6.29 Å². The first-order valence-electron chi connectivity index (χ1n) is 8.89. The SMILES string of the molecule is O=c1cc(-c2ccc(O)cc2)oc2cc(O[C@@H]3O[C@H](O)[C@@H](O)[C@H](O)[C@H]3O)cc(O)c12. The molecule has 5 atom stereocenters. The minimum absolute atomic E-state index is 0.0352. The van der Waals surface area contributed by atoms with E-state index in [1.54, 1.807) is 12.1 Å². The van der Waals surface area contributed by atoms with Crippen LogP contribution in [0.3, 0.4) is 0 Å². The molecule has 2 aromatic carbocycles. The Morgan fingerprint density at radius 1 is 0.867 bits per heavy atom. The number of aliphatic hydroxyl groups is 4. The summed E-state index contributed by atoms with van der Waals surface area (Å²) in [6.07, 6.45) is -8.53. The molecule has 30 heavy (non-hydrogen) atoms. The Labute approximate surface area is 168 Å². The number of aliphatic hydroxyl groups excluding tert-OH is 4. The average Bonchev–Trinajstić information content (AvgIpc) is 2.70. The first-order valence-corrected chi connectivity index (χ1v) is 8.89. The minimum atomic E-state index is -1.80. The summed E-state index contributed by atoms with van der Waals surface area (Å²) >= 11 is 0. The predicted molar refractivity (Wildman–Crippen MR) is 101 cm³/mol. The van der Waals surface area contributed by atoms with E-state index >= 15 is 0 Å². The van der Waals surface area contributed by atoms with Crippen LogP contribution in [0.25, 0.3) is 22.3 Å². The van der Waals surface area contributed by atoms with Gasteiger partial charge in [-0.2, -0.15) is 0 Å². The fraction of sp³-hybridized carbons (Fsp3) is 0.250. The highest BCUT2D eigenvalue weighted by molar-refractivity contribution is 5.86. The van der Waals surface area contributed by atoms with Crippen LogP contribution in [-0.4, -0.2) is 61.5 Å². The Hall–Kier alpha value is -3.15. The number of ether oxygens (including phenoxy) is 2. The Morgan fingerprint density at radius 2 is 1.57 bits per heavy atom. The monoisotopic (exact) mass is 418 g/mol. The Morgan fingerprint density at radius 3 is 2.27 bits per heavy atom. The molecule has 0 amide bonds. The number of fused-ring (bicyclic) bond motifs is 1. The maximum absolute atomic E-state index is 12.5. The normalized spacial score (nSPS) is 26.6. The van der Waals surface area contributed by atoms with Crippen molar-refractivity contribution in [2.24, 2.45) is 0 Å². The molecule has 0 saturated carbocycles. The van der Waals surface area contributed by atoms with Gasteiger partial charge in [-0.3, -0.25) is 4.79 Å². The second-order valence-corrected chi connectivity index (χ2v) is 6.82. The van der Waals surface area contributed by atoms with Crippen molar-refractivity contribution in [3.05, 3.63) is 52.7 Å². The van der Waals surface area contributed by atoms with E-state index in [1.165, 1.54) is 24.3 Å². The van der Waals surface area contributed by atoms with Gasteiger partial charge in [0.25, 0.3) is 0 Å². The summed E-state index contributed by atoms with van der Waals surface area (Å²) in [6.45, 7) is 0. The Bertz CT molecular complexity index is 1120. The van der Waals surface area contributed by atoms with Crippen molar-refractivity contribution >= 4 is 11.0 Å². The first kappa shape index (κ1) is 20.1. The molecule has 158 valence electrons. The number of hydrogen-bond donors (Lipinski definition) is 6. The molecule has 0 unspecified atom stereocenters. The average molecular weight is 418 g/mol. The highest BCUT2D eigenvalue weighted by Gasteiger charge is 2.44.